The zero-order valence-electron chi connectivity index (χ0n) is 11.0. The molecule has 102 valence electrons. The van der Waals surface area contributed by atoms with Crippen LogP contribution in [0.15, 0.2) is 48.0 Å². The molecule has 4 rings (SSSR count). The van der Waals surface area contributed by atoms with E-state index in [0.717, 1.165) is 32.2 Å². The van der Waals surface area contributed by atoms with Gasteiger partial charge in [0.05, 0.1) is 15.7 Å². The lowest BCUT2D eigenvalue weighted by molar-refractivity contribution is 0.0996. The number of carbonyl (C=O) groups is 1. The van der Waals surface area contributed by atoms with Gasteiger partial charge in [0.15, 0.2) is 0 Å². The molecule has 5 heteroatoms. The maximum absolute atomic E-state index is 11.3. The number of thiazole rings is 1. The summed E-state index contributed by atoms with van der Waals surface area (Å²) in [7, 11) is 0. The average molecular weight is 293 g/mol. The number of primary amides is 1. The third kappa shape index (κ3) is 1.90. The molecule has 0 radical (unpaired) electrons. The van der Waals surface area contributed by atoms with Gasteiger partial charge in [-0.1, -0.05) is 18.2 Å². The molecule has 4 aromatic rings. The van der Waals surface area contributed by atoms with E-state index in [0.29, 0.717) is 5.69 Å². The van der Waals surface area contributed by atoms with E-state index in [1.165, 1.54) is 0 Å². The molecule has 2 aromatic heterocycles. The maximum Gasteiger partial charge on any atom is 0.265 e. The highest BCUT2D eigenvalue weighted by Crippen LogP contribution is 2.32. The van der Waals surface area contributed by atoms with Gasteiger partial charge in [-0.15, -0.1) is 11.3 Å². The molecule has 2 aromatic carbocycles. The van der Waals surface area contributed by atoms with E-state index >= 15 is 0 Å². The molecule has 21 heavy (non-hydrogen) atoms. The van der Waals surface area contributed by atoms with Gasteiger partial charge in [-0.05, 0) is 35.4 Å². The van der Waals surface area contributed by atoms with Crippen molar-refractivity contribution in [1.82, 2.24) is 9.97 Å². The molecule has 0 saturated heterocycles. The molecule has 0 aliphatic carbocycles. The second-order valence-electron chi connectivity index (χ2n) is 4.85. The molecule has 1 amide bonds. The predicted octanol–water partition coefficient (Wildman–Crippen LogP) is 3.54. The molecule has 0 aliphatic rings. The van der Waals surface area contributed by atoms with Crippen LogP contribution in [0.3, 0.4) is 0 Å². The van der Waals surface area contributed by atoms with E-state index in [1.807, 2.05) is 41.9 Å². The largest absolute Gasteiger partial charge is 0.364 e. The topological polar surface area (TPSA) is 71.8 Å². The number of fused-ring (bicyclic) bond motifs is 2. The first-order valence-corrected chi connectivity index (χ1v) is 7.35. The third-order valence-corrected chi connectivity index (χ3v) is 4.36. The van der Waals surface area contributed by atoms with Gasteiger partial charge in [-0.25, -0.2) is 4.98 Å². The Morgan fingerprint density at radius 2 is 2.10 bits per heavy atom. The number of aromatic amines is 1. The summed E-state index contributed by atoms with van der Waals surface area (Å²) in [6.07, 6.45) is 0. The van der Waals surface area contributed by atoms with Gasteiger partial charge in [-0.3, -0.25) is 4.79 Å². The van der Waals surface area contributed by atoms with Crippen LogP contribution >= 0.6 is 11.3 Å². The number of nitrogens with two attached hydrogens (primary N) is 1. The first kappa shape index (κ1) is 12.1. The Balaban J connectivity index is 1.98. The van der Waals surface area contributed by atoms with Crippen molar-refractivity contribution >= 4 is 38.4 Å². The number of amides is 1. The lowest BCUT2D eigenvalue weighted by atomic mass is 10.0. The molecule has 3 N–H and O–H groups in total. The van der Waals surface area contributed by atoms with Gasteiger partial charge in [-0.2, -0.15) is 0 Å². The monoisotopic (exact) mass is 293 g/mol. The van der Waals surface area contributed by atoms with E-state index in [-0.39, 0.29) is 0 Å². The van der Waals surface area contributed by atoms with E-state index in [9.17, 15) is 4.79 Å². The fourth-order valence-electron chi connectivity index (χ4n) is 2.56. The number of aromatic nitrogens is 2. The number of carbonyl (C=O) groups excluding carboxylic acids is 1. The second kappa shape index (κ2) is 4.43. The number of nitrogens with one attached hydrogen (secondary N) is 1. The Morgan fingerprint density at radius 1 is 1.19 bits per heavy atom. The number of hydrogen-bond acceptors (Lipinski definition) is 3. The summed E-state index contributed by atoms with van der Waals surface area (Å²) in [5, 5.41) is 0.996. The number of H-pyrrole nitrogens is 1. The number of benzene rings is 2. The summed E-state index contributed by atoms with van der Waals surface area (Å²) in [6.45, 7) is 0. The Labute approximate surface area is 124 Å². The van der Waals surface area contributed by atoms with Gasteiger partial charge in [0, 0.05) is 10.9 Å². The Bertz CT molecular complexity index is 983. The van der Waals surface area contributed by atoms with Crippen LogP contribution < -0.4 is 5.73 Å². The fraction of sp³-hybridized carbons (Fsp3) is 0. The molecular weight excluding hydrogens is 282 g/mol. The SMILES string of the molecule is NC(=O)c1cc2c(-c3ccc4ncsc4c3)cccc2[nH]1. The minimum Gasteiger partial charge on any atom is -0.364 e. The number of rotatable bonds is 2. The van der Waals surface area contributed by atoms with Crippen molar-refractivity contribution in [3.05, 3.63) is 53.7 Å². The number of hydrogen-bond donors (Lipinski definition) is 2. The summed E-state index contributed by atoms with van der Waals surface area (Å²) < 4.78 is 1.15. The molecule has 0 aliphatic heterocycles. The van der Waals surface area contributed by atoms with Crippen molar-refractivity contribution in [3.8, 4) is 11.1 Å². The van der Waals surface area contributed by atoms with Crippen molar-refractivity contribution < 1.29 is 4.79 Å². The first-order chi connectivity index (χ1) is 10.2. The Morgan fingerprint density at radius 3 is 2.95 bits per heavy atom. The van der Waals surface area contributed by atoms with E-state index in [2.05, 4.69) is 16.0 Å². The molecule has 0 atom stereocenters. The smallest absolute Gasteiger partial charge is 0.265 e. The zero-order chi connectivity index (χ0) is 14.4. The van der Waals surface area contributed by atoms with E-state index in [4.69, 9.17) is 5.73 Å². The van der Waals surface area contributed by atoms with Crippen LogP contribution in [0.2, 0.25) is 0 Å². The predicted molar refractivity (Wildman–Crippen MR) is 85.4 cm³/mol. The molecular formula is C16H11N3OS. The van der Waals surface area contributed by atoms with Crippen LogP contribution in [-0.2, 0) is 0 Å². The van der Waals surface area contributed by atoms with Crippen molar-refractivity contribution in [3.63, 3.8) is 0 Å². The molecule has 0 bridgehead atoms. The lowest BCUT2D eigenvalue weighted by Gasteiger charge is -2.03. The molecule has 0 spiro atoms. The standard InChI is InChI=1S/C16H11N3OS/c17-16(20)14-7-11-10(2-1-3-12(11)19-14)9-4-5-13-15(6-9)21-8-18-13/h1-8,19H,(H2,17,20). The second-order valence-corrected chi connectivity index (χ2v) is 5.74. The third-order valence-electron chi connectivity index (χ3n) is 3.57. The molecule has 0 unspecified atom stereocenters. The molecule has 2 heterocycles. The first-order valence-electron chi connectivity index (χ1n) is 6.47. The summed E-state index contributed by atoms with van der Waals surface area (Å²) in [5.74, 6) is -0.449. The van der Waals surface area contributed by atoms with Gasteiger partial charge in [0.2, 0.25) is 0 Å². The summed E-state index contributed by atoms with van der Waals surface area (Å²) in [6, 6.07) is 14.0. The summed E-state index contributed by atoms with van der Waals surface area (Å²) >= 11 is 1.62. The van der Waals surface area contributed by atoms with Gasteiger partial charge >= 0.3 is 0 Å². The highest BCUT2D eigenvalue weighted by Gasteiger charge is 2.10. The van der Waals surface area contributed by atoms with Gasteiger partial charge in [0.25, 0.3) is 5.91 Å². The van der Waals surface area contributed by atoms with Gasteiger partial charge in [0.1, 0.15) is 5.69 Å². The van der Waals surface area contributed by atoms with Crippen molar-refractivity contribution in [2.45, 2.75) is 0 Å². The van der Waals surface area contributed by atoms with E-state index < -0.39 is 5.91 Å². The Hall–Kier alpha value is -2.66. The minimum absolute atomic E-state index is 0.427. The minimum atomic E-state index is -0.449. The Kier molecular flexibility index (Phi) is 2.55. The van der Waals surface area contributed by atoms with Crippen LogP contribution in [0, 0.1) is 0 Å². The molecule has 0 fully saturated rings. The molecule has 0 saturated carbocycles. The normalized spacial score (nSPS) is 11.2. The lowest BCUT2D eigenvalue weighted by Crippen LogP contribution is -2.10. The summed E-state index contributed by atoms with van der Waals surface area (Å²) in [5.41, 5.74) is 11.7. The fourth-order valence-corrected chi connectivity index (χ4v) is 3.28. The van der Waals surface area contributed by atoms with Crippen LogP contribution in [0.4, 0.5) is 0 Å². The van der Waals surface area contributed by atoms with Gasteiger partial charge < -0.3 is 10.7 Å². The highest BCUT2D eigenvalue weighted by molar-refractivity contribution is 7.16. The average Bonchev–Trinajstić information content (AvgIpc) is 3.12. The van der Waals surface area contributed by atoms with Crippen LogP contribution in [0.25, 0.3) is 32.2 Å². The van der Waals surface area contributed by atoms with Crippen molar-refractivity contribution in [2.24, 2.45) is 5.73 Å². The quantitative estimate of drug-likeness (QED) is 0.593. The molecule has 4 nitrogen and oxygen atoms in total. The van der Waals surface area contributed by atoms with Crippen molar-refractivity contribution in [1.29, 1.82) is 0 Å². The number of nitrogens with zero attached hydrogens (tertiary/aromatic N) is 1. The zero-order valence-corrected chi connectivity index (χ0v) is 11.8. The van der Waals surface area contributed by atoms with Crippen LogP contribution in [0.1, 0.15) is 10.5 Å². The maximum atomic E-state index is 11.3. The van der Waals surface area contributed by atoms with E-state index in [1.54, 1.807) is 11.3 Å². The van der Waals surface area contributed by atoms with Crippen LogP contribution in [-0.4, -0.2) is 15.9 Å². The van der Waals surface area contributed by atoms with Crippen LogP contribution in [0.5, 0.6) is 0 Å². The summed E-state index contributed by atoms with van der Waals surface area (Å²) in [4.78, 5) is 18.7. The highest BCUT2D eigenvalue weighted by atomic mass is 32.1. The van der Waals surface area contributed by atoms with Crippen molar-refractivity contribution in [2.75, 3.05) is 0 Å².